The maximum absolute atomic E-state index is 9.09. The fourth-order valence-electron chi connectivity index (χ4n) is 3.77. The van der Waals surface area contributed by atoms with E-state index in [4.69, 9.17) is 20.6 Å². The summed E-state index contributed by atoms with van der Waals surface area (Å²) < 4.78 is 7.41. The van der Waals surface area contributed by atoms with E-state index in [1.807, 2.05) is 18.3 Å². The van der Waals surface area contributed by atoms with Crippen LogP contribution in [0.5, 0.6) is 5.75 Å². The normalized spacial score (nSPS) is 17.3. The van der Waals surface area contributed by atoms with Gasteiger partial charge in [0, 0.05) is 55.3 Å². The van der Waals surface area contributed by atoms with Crippen molar-refractivity contribution in [2.24, 2.45) is 10.7 Å². The number of ether oxygens (including phenoxy) is 1. The van der Waals surface area contributed by atoms with E-state index in [-0.39, 0.29) is 19.3 Å². The number of piperidine rings is 1. The molecular weight excluding hydrogens is 368 g/mol. The number of fused-ring (bicyclic) bond motifs is 1. The molecule has 8 heteroatoms. The quantitative estimate of drug-likeness (QED) is 0.618. The second kappa shape index (κ2) is 8.59. The van der Waals surface area contributed by atoms with Crippen molar-refractivity contribution >= 4 is 17.5 Å². The summed E-state index contributed by atoms with van der Waals surface area (Å²) in [5, 5.41) is 13.5. The van der Waals surface area contributed by atoms with Gasteiger partial charge >= 0.3 is 0 Å². The van der Waals surface area contributed by atoms with Crippen molar-refractivity contribution in [2.75, 3.05) is 38.3 Å². The molecule has 8 nitrogen and oxygen atoms in total. The van der Waals surface area contributed by atoms with E-state index in [0.29, 0.717) is 5.75 Å². The van der Waals surface area contributed by atoms with Gasteiger partial charge in [-0.3, -0.25) is 4.99 Å². The van der Waals surface area contributed by atoms with Gasteiger partial charge in [0.1, 0.15) is 18.2 Å². The minimum Gasteiger partial charge on any atom is -0.490 e. The molecule has 4 rings (SSSR count). The number of aliphatic hydroxyl groups excluding tert-OH is 1. The maximum Gasteiger partial charge on any atom is 0.138 e. The fraction of sp³-hybridized carbons (Fsp3) is 0.381. The highest BCUT2D eigenvalue weighted by molar-refractivity contribution is 5.96. The standard InChI is InChI=1S/C21H26N6O2/c1-23-10-16-12-25-27-14-18(29-8-7-28)9-19(21(16)27)15-4-5-20(24-11-15)26-6-2-3-17(22)13-26/h4-5,9-12,14,17,28H,2-3,6-8,13,22H2,1H3/t17-/m0/s1. The molecule has 1 aliphatic heterocycles. The van der Waals surface area contributed by atoms with Gasteiger partial charge in [0.2, 0.25) is 0 Å². The highest BCUT2D eigenvalue weighted by Crippen LogP contribution is 2.31. The lowest BCUT2D eigenvalue weighted by atomic mass is 10.0. The number of aromatic nitrogens is 3. The van der Waals surface area contributed by atoms with Crippen LogP contribution in [-0.2, 0) is 0 Å². The zero-order valence-corrected chi connectivity index (χ0v) is 16.5. The Morgan fingerprint density at radius 2 is 2.28 bits per heavy atom. The maximum atomic E-state index is 9.09. The Morgan fingerprint density at radius 3 is 3.00 bits per heavy atom. The molecule has 3 aromatic rings. The van der Waals surface area contributed by atoms with E-state index in [1.165, 1.54) is 0 Å². The van der Waals surface area contributed by atoms with Gasteiger partial charge in [-0.05, 0) is 31.0 Å². The zero-order valence-electron chi connectivity index (χ0n) is 16.5. The molecule has 152 valence electrons. The average molecular weight is 394 g/mol. The third kappa shape index (κ3) is 4.08. The molecule has 0 radical (unpaired) electrons. The van der Waals surface area contributed by atoms with Crippen LogP contribution in [0.1, 0.15) is 18.4 Å². The monoisotopic (exact) mass is 394 g/mol. The SMILES string of the molecule is CN=Cc1cnn2cc(OCCO)cc(-c3ccc(N4CCC[C@H](N)C4)nc3)c12. The van der Waals surface area contributed by atoms with Crippen LogP contribution in [0.15, 0.2) is 41.8 Å². The number of pyridine rings is 2. The first-order valence-corrected chi connectivity index (χ1v) is 9.83. The molecule has 0 saturated carbocycles. The van der Waals surface area contributed by atoms with Gasteiger partial charge in [-0.25, -0.2) is 9.50 Å². The van der Waals surface area contributed by atoms with Crippen molar-refractivity contribution in [3.05, 3.63) is 42.4 Å². The second-order valence-corrected chi connectivity index (χ2v) is 7.20. The lowest BCUT2D eigenvalue weighted by Gasteiger charge is -2.31. The van der Waals surface area contributed by atoms with Crippen LogP contribution in [0, 0.1) is 0 Å². The molecular formula is C21H26N6O2. The van der Waals surface area contributed by atoms with E-state index >= 15 is 0 Å². The number of hydrogen-bond acceptors (Lipinski definition) is 7. The summed E-state index contributed by atoms with van der Waals surface area (Å²) in [6.45, 7) is 1.99. The first-order chi connectivity index (χ1) is 14.2. The van der Waals surface area contributed by atoms with Crippen LogP contribution in [0.25, 0.3) is 16.6 Å². The van der Waals surface area contributed by atoms with Gasteiger partial charge in [-0.1, -0.05) is 0 Å². The molecule has 0 amide bonds. The molecule has 0 aromatic carbocycles. The molecule has 0 aliphatic carbocycles. The van der Waals surface area contributed by atoms with Crippen LogP contribution < -0.4 is 15.4 Å². The van der Waals surface area contributed by atoms with Crippen molar-refractivity contribution in [3.63, 3.8) is 0 Å². The summed E-state index contributed by atoms with van der Waals surface area (Å²) >= 11 is 0. The highest BCUT2D eigenvalue weighted by Gasteiger charge is 2.18. The minimum absolute atomic E-state index is 0.0472. The molecule has 4 heterocycles. The van der Waals surface area contributed by atoms with E-state index in [2.05, 4.69) is 21.1 Å². The zero-order chi connectivity index (χ0) is 20.2. The van der Waals surface area contributed by atoms with Crippen molar-refractivity contribution in [2.45, 2.75) is 18.9 Å². The van der Waals surface area contributed by atoms with Crippen molar-refractivity contribution < 1.29 is 9.84 Å². The summed E-state index contributed by atoms with van der Waals surface area (Å²) in [4.78, 5) is 11.1. The summed E-state index contributed by atoms with van der Waals surface area (Å²) in [6.07, 6.45) is 9.40. The van der Waals surface area contributed by atoms with Crippen LogP contribution in [0.3, 0.4) is 0 Å². The Balaban J connectivity index is 1.73. The number of aliphatic hydroxyl groups is 1. The first kappa shape index (κ1) is 19.4. The average Bonchev–Trinajstić information content (AvgIpc) is 3.15. The number of nitrogens with two attached hydrogens (primary N) is 1. The number of rotatable bonds is 6. The minimum atomic E-state index is -0.0472. The lowest BCUT2D eigenvalue weighted by Crippen LogP contribution is -2.43. The van der Waals surface area contributed by atoms with Gasteiger partial charge < -0.3 is 20.5 Å². The van der Waals surface area contributed by atoms with Gasteiger partial charge in [-0.15, -0.1) is 0 Å². The molecule has 29 heavy (non-hydrogen) atoms. The molecule has 3 aromatic heterocycles. The van der Waals surface area contributed by atoms with Crippen LogP contribution in [0.4, 0.5) is 5.82 Å². The van der Waals surface area contributed by atoms with Crippen molar-refractivity contribution in [3.8, 4) is 16.9 Å². The molecule has 0 unspecified atom stereocenters. The predicted octanol–water partition coefficient (Wildman–Crippen LogP) is 1.74. The third-order valence-electron chi connectivity index (χ3n) is 5.08. The van der Waals surface area contributed by atoms with Gasteiger partial charge in [0.25, 0.3) is 0 Å². The topological polar surface area (TPSA) is 101 Å². The highest BCUT2D eigenvalue weighted by atomic mass is 16.5. The summed E-state index contributed by atoms with van der Waals surface area (Å²) in [5.41, 5.74) is 9.87. The molecule has 0 bridgehead atoms. The van der Waals surface area contributed by atoms with Crippen molar-refractivity contribution in [1.82, 2.24) is 14.6 Å². The molecule has 1 aliphatic rings. The number of anilines is 1. The second-order valence-electron chi connectivity index (χ2n) is 7.20. The van der Waals surface area contributed by atoms with E-state index in [0.717, 1.165) is 54.0 Å². The van der Waals surface area contributed by atoms with Crippen LogP contribution >= 0.6 is 0 Å². The van der Waals surface area contributed by atoms with E-state index < -0.39 is 0 Å². The van der Waals surface area contributed by atoms with Crippen molar-refractivity contribution in [1.29, 1.82) is 0 Å². The van der Waals surface area contributed by atoms with Gasteiger partial charge in [0.15, 0.2) is 0 Å². The van der Waals surface area contributed by atoms with Gasteiger partial charge in [-0.2, -0.15) is 5.10 Å². The smallest absolute Gasteiger partial charge is 0.138 e. The Hall–Kier alpha value is -2.97. The fourth-order valence-corrected chi connectivity index (χ4v) is 3.77. The predicted molar refractivity (Wildman–Crippen MR) is 114 cm³/mol. The van der Waals surface area contributed by atoms with Crippen LogP contribution in [0.2, 0.25) is 0 Å². The Bertz CT molecular complexity index is 998. The summed E-state index contributed by atoms with van der Waals surface area (Å²) in [7, 11) is 1.74. The molecule has 1 fully saturated rings. The van der Waals surface area contributed by atoms with Crippen LogP contribution in [-0.4, -0.2) is 65.3 Å². The third-order valence-corrected chi connectivity index (χ3v) is 5.08. The molecule has 1 saturated heterocycles. The number of aliphatic imine (C=N–C) groups is 1. The van der Waals surface area contributed by atoms with Gasteiger partial charge in [0.05, 0.1) is 24.5 Å². The Morgan fingerprint density at radius 1 is 1.38 bits per heavy atom. The lowest BCUT2D eigenvalue weighted by molar-refractivity contribution is 0.201. The Labute approximate surface area is 169 Å². The summed E-state index contributed by atoms with van der Waals surface area (Å²) in [6, 6.07) is 6.25. The Kier molecular flexibility index (Phi) is 5.73. The molecule has 1 atom stereocenters. The number of hydrogen-bond donors (Lipinski definition) is 2. The molecule has 0 spiro atoms. The van der Waals surface area contributed by atoms with E-state index in [1.54, 1.807) is 30.2 Å². The van der Waals surface area contributed by atoms with E-state index in [9.17, 15) is 0 Å². The largest absolute Gasteiger partial charge is 0.490 e. The summed E-state index contributed by atoms with van der Waals surface area (Å²) in [5.74, 6) is 1.58. The number of nitrogens with zero attached hydrogens (tertiary/aromatic N) is 5. The molecule has 3 N–H and O–H groups in total. The first-order valence-electron chi connectivity index (χ1n) is 9.83.